The average Bonchev–Trinajstić information content (AvgIpc) is 2.62. The molecule has 88 valence electrons. The molecule has 2 heterocycles. The second-order valence-corrected chi connectivity index (χ2v) is 4.02. The number of oxazole rings is 1. The first kappa shape index (κ1) is 11.9. The Hall–Kier alpha value is -1.59. The van der Waals surface area contributed by atoms with Gasteiger partial charge >= 0.3 is 6.01 Å². The predicted octanol–water partition coefficient (Wildman–Crippen LogP) is 2.94. The highest BCUT2D eigenvalue weighted by molar-refractivity contribution is 6.33. The summed E-state index contributed by atoms with van der Waals surface area (Å²) in [6.45, 7) is 1.75. The minimum absolute atomic E-state index is 0.122. The van der Waals surface area contributed by atoms with Crippen LogP contribution in [0.4, 0.5) is 6.01 Å². The number of carbonyl (C=O) groups excluding carboxylic acids is 1. The van der Waals surface area contributed by atoms with Gasteiger partial charge in [0.05, 0.1) is 5.69 Å². The Balaban J connectivity index is 2.19. The number of anilines is 1. The van der Waals surface area contributed by atoms with Gasteiger partial charge in [0.15, 0.2) is 0 Å². The summed E-state index contributed by atoms with van der Waals surface area (Å²) < 4.78 is 4.99. The number of aromatic nitrogens is 2. The number of halogens is 2. The maximum absolute atomic E-state index is 11.8. The van der Waals surface area contributed by atoms with Crippen molar-refractivity contribution >= 4 is 35.1 Å². The number of carbonyl (C=O) groups is 1. The largest absolute Gasteiger partial charge is 0.432 e. The monoisotopic (exact) mass is 271 g/mol. The lowest BCUT2D eigenvalue weighted by Crippen LogP contribution is -2.12. The van der Waals surface area contributed by atoms with Crippen molar-refractivity contribution < 1.29 is 9.21 Å². The van der Waals surface area contributed by atoms with Crippen molar-refractivity contribution in [2.24, 2.45) is 0 Å². The van der Waals surface area contributed by atoms with Gasteiger partial charge in [-0.15, -0.1) is 0 Å². The van der Waals surface area contributed by atoms with Gasteiger partial charge in [-0.2, -0.15) is 4.98 Å². The molecule has 2 rings (SSSR count). The predicted molar refractivity (Wildman–Crippen MR) is 63.5 cm³/mol. The van der Waals surface area contributed by atoms with Crippen molar-refractivity contribution in [2.45, 2.75) is 6.92 Å². The molecule has 0 bridgehead atoms. The van der Waals surface area contributed by atoms with Crippen molar-refractivity contribution in [3.05, 3.63) is 40.0 Å². The minimum Gasteiger partial charge on any atom is -0.432 e. The van der Waals surface area contributed by atoms with Crippen LogP contribution < -0.4 is 5.32 Å². The molecule has 7 heteroatoms. The molecule has 0 aromatic carbocycles. The molecular formula is C10H7Cl2N3O2. The maximum Gasteiger partial charge on any atom is 0.301 e. The van der Waals surface area contributed by atoms with Crippen LogP contribution in [0.2, 0.25) is 10.3 Å². The summed E-state index contributed by atoms with van der Waals surface area (Å²) in [5.74, 6) is -0.418. The fourth-order valence-electron chi connectivity index (χ4n) is 1.18. The Morgan fingerprint density at radius 3 is 2.47 bits per heavy atom. The van der Waals surface area contributed by atoms with E-state index >= 15 is 0 Å². The normalized spacial score (nSPS) is 10.3. The van der Waals surface area contributed by atoms with Crippen molar-refractivity contribution in [1.82, 2.24) is 9.97 Å². The number of aryl methyl sites for hydroxylation is 1. The summed E-state index contributed by atoms with van der Waals surface area (Å²) in [4.78, 5) is 19.5. The third kappa shape index (κ3) is 2.95. The van der Waals surface area contributed by atoms with Gasteiger partial charge in [0.25, 0.3) is 5.91 Å². The summed E-state index contributed by atoms with van der Waals surface area (Å²) in [6, 6.07) is 2.92. The molecule has 0 atom stereocenters. The van der Waals surface area contributed by atoms with Gasteiger partial charge in [0, 0.05) is 5.56 Å². The van der Waals surface area contributed by atoms with Crippen LogP contribution in [-0.2, 0) is 0 Å². The van der Waals surface area contributed by atoms with Crippen LogP contribution in [0.5, 0.6) is 0 Å². The standard InChI is InChI=1S/C10H7Cl2N3O2/c1-5-4-17-10(13-5)15-9(16)6-2-7(11)14-8(12)3-6/h2-4H,1H3,(H,13,15,16). The Bertz CT molecular complexity index is 548. The number of nitrogens with zero attached hydrogens (tertiary/aromatic N) is 2. The lowest BCUT2D eigenvalue weighted by molar-refractivity contribution is 0.102. The van der Waals surface area contributed by atoms with Crippen LogP contribution >= 0.6 is 23.2 Å². The van der Waals surface area contributed by atoms with Crippen LogP contribution in [0.1, 0.15) is 16.1 Å². The lowest BCUT2D eigenvalue weighted by Gasteiger charge is -2.01. The molecule has 0 radical (unpaired) electrons. The van der Waals surface area contributed by atoms with Crippen LogP contribution in [0.3, 0.4) is 0 Å². The van der Waals surface area contributed by atoms with E-state index in [0.717, 1.165) is 0 Å². The molecule has 0 spiro atoms. The van der Waals surface area contributed by atoms with Gasteiger partial charge in [-0.3, -0.25) is 10.1 Å². The van der Waals surface area contributed by atoms with E-state index in [9.17, 15) is 4.79 Å². The van der Waals surface area contributed by atoms with Gasteiger partial charge in [-0.25, -0.2) is 4.98 Å². The molecule has 0 unspecified atom stereocenters. The number of pyridine rings is 1. The highest BCUT2D eigenvalue weighted by Crippen LogP contribution is 2.16. The molecular weight excluding hydrogens is 265 g/mol. The van der Waals surface area contributed by atoms with Gasteiger partial charge in [-0.1, -0.05) is 23.2 Å². The number of amides is 1. The van der Waals surface area contributed by atoms with Crippen LogP contribution in [0, 0.1) is 6.92 Å². The summed E-state index contributed by atoms with van der Waals surface area (Å²) in [5, 5.41) is 2.76. The third-order valence-corrected chi connectivity index (χ3v) is 2.25. The zero-order valence-corrected chi connectivity index (χ0v) is 10.2. The summed E-state index contributed by atoms with van der Waals surface area (Å²) in [5.41, 5.74) is 0.956. The second kappa shape index (κ2) is 4.73. The van der Waals surface area contributed by atoms with Gasteiger partial charge in [-0.05, 0) is 19.1 Å². The molecule has 2 aromatic heterocycles. The Kier molecular flexibility index (Phi) is 3.31. The number of rotatable bonds is 2. The molecule has 5 nitrogen and oxygen atoms in total. The molecule has 17 heavy (non-hydrogen) atoms. The first-order valence-electron chi connectivity index (χ1n) is 4.61. The molecule has 1 amide bonds. The fraction of sp³-hybridized carbons (Fsp3) is 0.100. The quantitative estimate of drug-likeness (QED) is 0.853. The fourth-order valence-corrected chi connectivity index (χ4v) is 1.64. The number of hydrogen-bond acceptors (Lipinski definition) is 4. The molecule has 1 N–H and O–H groups in total. The van der Waals surface area contributed by atoms with Crippen molar-refractivity contribution in [3.8, 4) is 0 Å². The molecule has 2 aromatic rings. The number of nitrogens with one attached hydrogen (secondary N) is 1. The second-order valence-electron chi connectivity index (χ2n) is 3.25. The van der Waals surface area contributed by atoms with E-state index in [1.807, 2.05) is 0 Å². The van der Waals surface area contributed by atoms with Crippen LogP contribution in [0.15, 0.2) is 22.8 Å². The van der Waals surface area contributed by atoms with Crippen molar-refractivity contribution in [2.75, 3.05) is 5.32 Å². The van der Waals surface area contributed by atoms with E-state index in [1.165, 1.54) is 18.4 Å². The zero-order chi connectivity index (χ0) is 12.4. The summed E-state index contributed by atoms with van der Waals surface area (Å²) in [7, 11) is 0. The van der Waals surface area contributed by atoms with E-state index in [0.29, 0.717) is 5.69 Å². The topological polar surface area (TPSA) is 68.0 Å². The van der Waals surface area contributed by atoms with Crippen LogP contribution in [0.25, 0.3) is 0 Å². The highest BCUT2D eigenvalue weighted by Gasteiger charge is 2.11. The Labute approximate surface area is 107 Å². The van der Waals surface area contributed by atoms with Gasteiger partial charge < -0.3 is 4.42 Å². The molecule has 0 saturated carbocycles. The minimum atomic E-state index is -0.418. The first-order valence-corrected chi connectivity index (χ1v) is 5.37. The van der Waals surface area contributed by atoms with Gasteiger partial charge in [0.2, 0.25) is 0 Å². The lowest BCUT2D eigenvalue weighted by atomic mass is 10.2. The van der Waals surface area contributed by atoms with E-state index in [4.69, 9.17) is 27.6 Å². The molecule has 0 saturated heterocycles. The highest BCUT2D eigenvalue weighted by atomic mass is 35.5. The molecule has 0 aliphatic carbocycles. The Morgan fingerprint density at radius 2 is 1.94 bits per heavy atom. The van der Waals surface area contributed by atoms with Gasteiger partial charge in [0.1, 0.15) is 16.6 Å². The molecule has 0 aliphatic rings. The van der Waals surface area contributed by atoms with Crippen molar-refractivity contribution in [3.63, 3.8) is 0 Å². The smallest absolute Gasteiger partial charge is 0.301 e. The first-order chi connectivity index (χ1) is 8.04. The average molecular weight is 272 g/mol. The summed E-state index contributed by atoms with van der Waals surface area (Å²) in [6.07, 6.45) is 1.43. The SMILES string of the molecule is Cc1coc(NC(=O)c2cc(Cl)nc(Cl)c2)n1. The van der Waals surface area contributed by atoms with E-state index in [1.54, 1.807) is 6.92 Å². The molecule has 0 fully saturated rings. The van der Waals surface area contributed by atoms with E-state index < -0.39 is 5.91 Å². The maximum atomic E-state index is 11.8. The number of hydrogen-bond donors (Lipinski definition) is 1. The third-order valence-electron chi connectivity index (χ3n) is 1.86. The van der Waals surface area contributed by atoms with E-state index in [-0.39, 0.29) is 21.9 Å². The summed E-state index contributed by atoms with van der Waals surface area (Å²) >= 11 is 11.4. The Morgan fingerprint density at radius 1 is 1.29 bits per heavy atom. The van der Waals surface area contributed by atoms with E-state index in [2.05, 4.69) is 15.3 Å². The van der Waals surface area contributed by atoms with Crippen LogP contribution in [-0.4, -0.2) is 15.9 Å². The zero-order valence-electron chi connectivity index (χ0n) is 8.70. The molecule has 0 aliphatic heterocycles. The van der Waals surface area contributed by atoms with Crippen molar-refractivity contribution in [1.29, 1.82) is 0 Å².